The Hall–Kier alpha value is -3.45. The summed E-state index contributed by atoms with van der Waals surface area (Å²) >= 11 is 5.83. The fourth-order valence-corrected chi connectivity index (χ4v) is 2.43. The number of rotatable bonds is 4. The Labute approximate surface area is 152 Å². The first kappa shape index (κ1) is 17.4. The Kier molecular flexibility index (Phi) is 4.81. The van der Waals surface area contributed by atoms with Gasteiger partial charge in [0.25, 0.3) is 17.4 Å². The van der Waals surface area contributed by atoms with Gasteiger partial charge in [0, 0.05) is 16.8 Å². The van der Waals surface area contributed by atoms with E-state index in [1.165, 1.54) is 18.3 Å². The molecule has 0 saturated carbocycles. The van der Waals surface area contributed by atoms with Crippen molar-refractivity contribution in [1.29, 1.82) is 0 Å². The molecule has 0 aliphatic carbocycles. The summed E-state index contributed by atoms with van der Waals surface area (Å²) in [4.78, 5) is 42.7. The summed E-state index contributed by atoms with van der Waals surface area (Å²) in [6.45, 7) is 0. The van der Waals surface area contributed by atoms with Crippen LogP contribution >= 0.6 is 11.6 Å². The first-order chi connectivity index (χ1) is 12.5. The third-order valence-corrected chi connectivity index (χ3v) is 3.85. The lowest BCUT2D eigenvalue weighted by Gasteiger charge is -2.08. The van der Waals surface area contributed by atoms with E-state index in [0.29, 0.717) is 16.4 Å². The van der Waals surface area contributed by atoms with Crippen molar-refractivity contribution in [2.75, 3.05) is 5.32 Å². The largest absolute Gasteiger partial charge is 0.366 e. The molecule has 7 nitrogen and oxygen atoms in total. The second-order valence-electron chi connectivity index (χ2n) is 5.35. The van der Waals surface area contributed by atoms with E-state index in [4.69, 9.17) is 17.3 Å². The number of carbonyl (C=O) groups excluding carboxylic acids is 2. The number of hydrogen-bond donors (Lipinski definition) is 3. The number of amides is 2. The topological polar surface area (TPSA) is 118 Å². The van der Waals surface area contributed by atoms with Gasteiger partial charge in [-0.15, -0.1) is 0 Å². The third kappa shape index (κ3) is 3.62. The molecule has 3 rings (SSSR count). The summed E-state index contributed by atoms with van der Waals surface area (Å²) in [7, 11) is 0. The maximum atomic E-state index is 12.4. The van der Waals surface area contributed by atoms with Gasteiger partial charge in [0.2, 0.25) is 0 Å². The lowest BCUT2D eigenvalue weighted by molar-refractivity contribution is 0.100. The van der Waals surface area contributed by atoms with Crippen molar-refractivity contribution in [3.8, 4) is 11.4 Å². The van der Waals surface area contributed by atoms with Crippen LogP contribution in [-0.2, 0) is 0 Å². The molecule has 0 unspecified atom stereocenters. The summed E-state index contributed by atoms with van der Waals surface area (Å²) in [6.07, 6.45) is 1.17. The van der Waals surface area contributed by atoms with E-state index in [9.17, 15) is 14.4 Å². The Bertz CT molecular complexity index is 1040. The fraction of sp³-hybridized carbons (Fsp3) is 0. The van der Waals surface area contributed by atoms with Gasteiger partial charge in [0.05, 0.1) is 11.3 Å². The molecule has 0 aliphatic rings. The number of nitrogens with one attached hydrogen (secondary N) is 2. The number of halogens is 1. The first-order valence-corrected chi connectivity index (χ1v) is 7.89. The van der Waals surface area contributed by atoms with Gasteiger partial charge in [-0.3, -0.25) is 14.4 Å². The Morgan fingerprint density at radius 3 is 2.38 bits per heavy atom. The third-order valence-electron chi connectivity index (χ3n) is 3.60. The minimum atomic E-state index is -0.699. The minimum Gasteiger partial charge on any atom is -0.366 e. The highest BCUT2D eigenvalue weighted by Gasteiger charge is 2.15. The van der Waals surface area contributed by atoms with Crippen molar-refractivity contribution in [3.63, 3.8) is 0 Å². The number of benzene rings is 2. The van der Waals surface area contributed by atoms with Gasteiger partial charge < -0.3 is 16.0 Å². The van der Waals surface area contributed by atoms with Gasteiger partial charge in [0.1, 0.15) is 11.4 Å². The lowest BCUT2D eigenvalue weighted by atomic mass is 10.1. The molecule has 0 spiro atoms. The highest BCUT2D eigenvalue weighted by Crippen LogP contribution is 2.18. The van der Waals surface area contributed by atoms with E-state index >= 15 is 0 Å². The summed E-state index contributed by atoms with van der Waals surface area (Å²) in [5.74, 6) is -1.08. The Morgan fingerprint density at radius 1 is 1.04 bits per heavy atom. The average Bonchev–Trinajstić information content (AvgIpc) is 2.62. The van der Waals surface area contributed by atoms with Crippen LogP contribution in [-0.4, -0.2) is 21.8 Å². The van der Waals surface area contributed by atoms with Gasteiger partial charge in [-0.25, -0.2) is 4.98 Å². The fourth-order valence-electron chi connectivity index (χ4n) is 2.31. The summed E-state index contributed by atoms with van der Waals surface area (Å²) in [5, 5.41) is 3.05. The van der Waals surface area contributed by atoms with Crippen molar-refractivity contribution in [1.82, 2.24) is 9.97 Å². The molecule has 1 aromatic heterocycles. The van der Waals surface area contributed by atoms with Crippen molar-refractivity contribution < 1.29 is 9.59 Å². The molecule has 8 heteroatoms. The second kappa shape index (κ2) is 7.20. The number of H-pyrrole nitrogens is 1. The molecule has 0 aliphatic heterocycles. The van der Waals surface area contributed by atoms with Crippen molar-refractivity contribution >= 4 is 29.1 Å². The quantitative estimate of drug-likeness (QED) is 0.655. The van der Waals surface area contributed by atoms with Crippen LogP contribution in [0.3, 0.4) is 0 Å². The van der Waals surface area contributed by atoms with Crippen LogP contribution in [0, 0.1) is 0 Å². The smallest absolute Gasteiger partial charge is 0.264 e. The molecule has 26 heavy (non-hydrogen) atoms. The van der Waals surface area contributed by atoms with E-state index in [1.807, 2.05) is 0 Å². The summed E-state index contributed by atoms with van der Waals surface area (Å²) in [6, 6.07) is 13.0. The second-order valence-corrected chi connectivity index (χ2v) is 5.78. The molecular weight excluding hydrogens is 356 g/mol. The zero-order valence-electron chi connectivity index (χ0n) is 13.3. The van der Waals surface area contributed by atoms with Gasteiger partial charge in [-0.1, -0.05) is 23.7 Å². The standard InChI is InChI=1S/C18H13ClN4O3/c19-11-7-5-10(6-8-11)16-21-9-13(18(26)23-16)17(25)22-14-4-2-1-3-12(14)15(20)24/h1-9H,(H2,20,24)(H,22,25)(H,21,23,26). The number of para-hydroxylation sites is 1. The molecule has 2 amide bonds. The minimum absolute atomic E-state index is 0.142. The van der Waals surface area contributed by atoms with Crippen LogP contribution in [0.5, 0.6) is 0 Å². The summed E-state index contributed by atoms with van der Waals surface area (Å²) < 4.78 is 0. The van der Waals surface area contributed by atoms with Gasteiger partial charge in [-0.2, -0.15) is 0 Å². The molecule has 2 aromatic carbocycles. The number of carbonyl (C=O) groups is 2. The van der Waals surface area contributed by atoms with Crippen molar-refractivity contribution in [2.45, 2.75) is 0 Å². The molecule has 0 fully saturated rings. The summed E-state index contributed by atoms with van der Waals surface area (Å²) in [5.41, 5.74) is 5.48. The Morgan fingerprint density at radius 2 is 1.73 bits per heavy atom. The number of primary amides is 1. The number of hydrogen-bond acceptors (Lipinski definition) is 4. The van der Waals surface area contributed by atoms with E-state index in [1.54, 1.807) is 36.4 Å². The molecule has 130 valence electrons. The first-order valence-electron chi connectivity index (χ1n) is 7.51. The average molecular weight is 369 g/mol. The highest BCUT2D eigenvalue weighted by atomic mass is 35.5. The highest BCUT2D eigenvalue weighted by molar-refractivity contribution is 6.30. The van der Waals surface area contributed by atoms with E-state index in [-0.39, 0.29) is 16.8 Å². The predicted octanol–water partition coefficient (Wildman–Crippen LogP) is 2.44. The van der Waals surface area contributed by atoms with Gasteiger partial charge in [-0.05, 0) is 36.4 Å². The predicted molar refractivity (Wildman–Crippen MR) is 98.2 cm³/mol. The Balaban J connectivity index is 1.88. The molecule has 3 aromatic rings. The normalized spacial score (nSPS) is 10.3. The monoisotopic (exact) mass is 368 g/mol. The molecule has 0 saturated heterocycles. The van der Waals surface area contributed by atoms with Crippen LogP contribution < -0.4 is 16.6 Å². The van der Waals surface area contributed by atoms with E-state index in [2.05, 4.69) is 15.3 Å². The lowest BCUT2D eigenvalue weighted by Crippen LogP contribution is -2.25. The number of nitrogens with two attached hydrogens (primary N) is 1. The molecule has 4 N–H and O–H groups in total. The van der Waals surface area contributed by atoms with Crippen LogP contribution in [0.15, 0.2) is 59.5 Å². The molecule has 0 radical (unpaired) electrons. The van der Waals surface area contributed by atoms with Crippen LogP contribution in [0.4, 0.5) is 5.69 Å². The number of aromatic nitrogens is 2. The van der Waals surface area contributed by atoms with Crippen molar-refractivity contribution in [3.05, 3.63) is 81.2 Å². The van der Waals surface area contributed by atoms with E-state index in [0.717, 1.165) is 0 Å². The zero-order valence-corrected chi connectivity index (χ0v) is 14.1. The number of nitrogens with zero attached hydrogens (tertiary/aromatic N) is 1. The maximum absolute atomic E-state index is 12.4. The SMILES string of the molecule is NC(=O)c1ccccc1NC(=O)c1cnc(-c2ccc(Cl)cc2)[nH]c1=O. The van der Waals surface area contributed by atoms with E-state index < -0.39 is 17.4 Å². The van der Waals surface area contributed by atoms with Crippen LogP contribution in [0.2, 0.25) is 5.02 Å². The number of anilines is 1. The van der Waals surface area contributed by atoms with Gasteiger partial charge in [0.15, 0.2) is 0 Å². The molecular formula is C18H13ClN4O3. The molecule has 1 heterocycles. The van der Waals surface area contributed by atoms with Crippen LogP contribution in [0.25, 0.3) is 11.4 Å². The van der Waals surface area contributed by atoms with Crippen molar-refractivity contribution in [2.24, 2.45) is 5.73 Å². The van der Waals surface area contributed by atoms with Gasteiger partial charge >= 0.3 is 0 Å². The van der Waals surface area contributed by atoms with Crippen LogP contribution in [0.1, 0.15) is 20.7 Å². The molecule has 0 atom stereocenters. The molecule has 0 bridgehead atoms. The maximum Gasteiger partial charge on any atom is 0.264 e. The zero-order chi connectivity index (χ0) is 18.7. The number of aromatic amines is 1.